The molecule has 4 nitrogen and oxygen atoms in total. The topological polar surface area (TPSA) is 54.0 Å². The van der Waals surface area contributed by atoms with Gasteiger partial charge in [-0.1, -0.05) is 12.1 Å². The molecule has 0 aliphatic carbocycles. The Morgan fingerprint density at radius 2 is 2.00 bits per heavy atom. The quantitative estimate of drug-likeness (QED) is 0.654. The van der Waals surface area contributed by atoms with E-state index in [2.05, 4.69) is 10.1 Å². The van der Waals surface area contributed by atoms with E-state index in [0.717, 1.165) is 0 Å². The van der Waals surface area contributed by atoms with Crippen molar-refractivity contribution in [1.29, 1.82) is 5.26 Å². The van der Waals surface area contributed by atoms with Crippen LogP contribution >= 0.6 is 0 Å². The number of aromatic nitrogens is 3. The van der Waals surface area contributed by atoms with Crippen LogP contribution in [0.2, 0.25) is 0 Å². The van der Waals surface area contributed by atoms with Crippen LogP contribution in [-0.2, 0) is 0 Å². The van der Waals surface area contributed by atoms with Gasteiger partial charge in [0.1, 0.15) is 11.9 Å². The minimum absolute atomic E-state index is 0.274. The van der Waals surface area contributed by atoms with Gasteiger partial charge in [-0.2, -0.15) is 5.26 Å². The number of pyridine rings is 1. The van der Waals surface area contributed by atoms with Crippen molar-refractivity contribution in [3.8, 4) is 17.5 Å². The van der Waals surface area contributed by atoms with Gasteiger partial charge in [0.15, 0.2) is 11.5 Å². The first-order chi connectivity index (χ1) is 8.79. The van der Waals surface area contributed by atoms with Crippen LogP contribution in [0.1, 0.15) is 5.56 Å². The zero-order valence-corrected chi connectivity index (χ0v) is 9.21. The SMILES string of the molecule is N#Cc1cccn2nc(-c3ccccc3F)nc12. The molecule has 2 aromatic heterocycles. The van der Waals surface area contributed by atoms with Gasteiger partial charge in [0.2, 0.25) is 0 Å². The summed E-state index contributed by atoms with van der Waals surface area (Å²) in [4.78, 5) is 4.20. The molecule has 0 amide bonds. The number of nitrogens with zero attached hydrogens (tertiary/aromatic N) is 4. The monoisotopic (exact) mass is 238 g/mol. The van der Waals surface area contributed by atoms with Gasteiger partial charge < -0.3 is 0 Å². The zero-order chi connectivity index (χ0) is 12.5. The third-order valence-electron chi connectivity index (χ3n) is 2.60. The van der Waals surface area contributed by atoms with Gasteiger partial charge in [0.25, 0.3) is 0 Å². The van der Waals surface area contributed by atoms with Crippen LogP contribution in [0.5, 0.6) is 0 Å². The highest BCUT2D eigenvalue weighted by Crippen LogP contribution is 2.20. The Kier molecular flexibility index (Phi) is 2.27. The minimum Gasteiger partial charge on any atom is -0.219 e. The Morgan fingerprint density at radius 3 is 2.78 bits per heavy atom. The molecule has 0 fully saturated rings. The van der Waals surface area contributed by atoms with Crippen LogP contribution < -0.4 is 0 Å². The highest BCUT2D eigenvalue weighted by molar-refractivity contribution is 5.62. The van der Waals surface area contributed by atoms with Gasteiger partial charge in [-0.05, 0) is 24.3 Å². The lowest BCUT2D eigenvalue weighted by Gasteiger charge is -1.95. The third kappa shape index (κ3) is 1.52. The van der Waals surface area contributed by atoms with Crippen molar-refractivity contribution in [2.75, 3.05) is 0 Å². The summed E-state index contributed by atoms with van der Waals surface area (Å²) in [6.45, 7) is 0. The summed E-state index contributed by atoms with van der Waals surface area (Å²) in [5.74, 6) is -0.109. The lowest BCUT2D eigenvalue weighted by molar-refractivity contribution is 0.630. The van der Waals surface area contributed by atoms with E-state index in [1.165, 1.54) is 10.6 Å². The third-order valence-corrected chi connectivity index (χ3v) is 2.60. The van der Waals surface area contributed by atoms with Crippen LogP contribution in [0, 0.1) is 17.1 Å². The molecule has 1 aromatic carbocycles. The van der Waals surface area contributed by atoms with E-state index in [1.807, 2.05) is 6.07 Å². The second-order valence-electron chi connectivity index (χ2n) is 3.72. The van der Waals surface area contributed by atoms with Crippen molar-refractivity contribution < 1.29 is 4.39 Å². The summed E-state index contributed by atoms with van der Waals surface area (Å²) in [5, 5.41) is 13.1. The van der Waals surface area contributed by atoms with E-state index in [0.29, 0.717) is 16.8 Å². The van der Waals surface area contributed by atoms with E-state index >= 15 is 0 Å². The minimum atomic E-state index is -0.382. The number of rotatable bonds is 1. The Balaban J connectivity index is 2.27. The van der Waals surface area contributed by atoms with Gasteiger partial charge in [-0.15, -0.1) is 5.10 Å². The van der Waals surface area contributed by atoms with Crippen molar-refractivity contribution in [3.63, 3.8) is 0 Å². The molecule has 3 aromatic rings. The van der Waals surface area contributed by atoms with Crippen molar-refractivity contribution in [2.45, 2.75) is 0 Å². The number of benzene rings is 1. The largest absolute Gasteiger partial charge is 0.219 e. The molecule has 0 unspecified atom stereocenters. The van der Waals surface area contributed by atoms with Crippen LogP contribution in [0.25, 0.3) is 17.0 Å². The second-order valence-corrected chi connectivity index (χ2v) is 3.72. The van der Waals surface area contributed by atoms with E-state index in [4.69, 9.17) is 5.26 Å². The highest BCUT2D eigenvalue weighted by atomic mass is 19.1. The normalized spacial score (nSPS) is 10.4. The molecule has 0 atom stereocenters. The maximum Gasteiger partial charge on any atom is 0.185 e. The van der Waals surface area contributed by atoms with Gasteiger partial charge in [-0.25, -0.2) is 13.9 Å². The molecule has 0 N–H and O–H groups in total. The second kappa shape index (κ2) is 3.93. The molecule has 2 heterocycles. The summed E-state index contributed by atoms with van der Waals surface area (Å²) >= 11 is 0. The molecular formula is C13H7FN4. The van der Waals surface area contributed by atoms with E-state index < -0.39 is 0 Å². The molecule has 0 spiro atoms. The molecule has 0 saturated heterocycles. The first-order valence-corrected chi connectivity index (χ1v) is 5.30. The predicted molar refractivity (Wildman–Crippen MR) is 63.1 cm³/mol. The fourth-order valence-corrected chi connectivity index (χ4v) is 1.75. The summed E-state index contributed by atoms with van der Waals surface area (Å²) in [7, 11) is 0. The van der Waals surface area contributed by atoms with Crippen molar-refractivity contribution in [2.24, 2.45) is 0 Å². The summed E-state index contributed by atoms with van der Waals surface area (Å²) in [5.41, 5.74) is 1.16. The fourth-order valence-electron chi connectivity index (χ4n) is 1.75. The molecule has 0 bridgehead atoms. The average Bonchev–Trinajstić information content (AvgIpc) is 2.82. The summed E-state index contributed by atoms with van der Waals surface area (Å²) < 4.78 is 15.1. The number of halogens is 1. The molecule has 3 rings (SSSR count). The zero-order valence-electron chi connectivity index (χ0n) is 9.21. The van der Waals surface area contributed by atoms with Gasteiger partial charge >= 0.3 is 0 Å². The van der Waals surface area contributed by atoms with Crippen LogP contribution in [0.3, 0.4) is 0 Å². The van der Waals surface area contributed by atoms with Crippen molar-refractivity contribution in [1.82, 2.24) is 14.6 Å². The number of hydrogen-bond donors (Lipinski definition) is 0. The van der Waals surface area contributed by atoms with Crippen molar-refractivity contribution >= 4 is 5.65 Å². The predicted octanol–water partition coefficient (Wildman–Crippen LogP) is 2.41. The maximum atomic E-state index is 13.6. The van der Waals surface area contributed by atoms with Gasteiger partial charge in [0.05, 0.1) is 11.1 Å². The molecule has 5 heteroatoms. The number of fused-ring (bicyclic) bond motifs is 1. The Hall–Kier alpha value is -2.74. The molecular weight excluding hydrogens is 231 g/mol. The molecule has 86 valence electrons. The molecule has 0 aliphatic heterocycles. The summed E-state index contributed by atoms with van der Waals surface area (Å²) in [6.07, 6.45) is 1.67. The Labute approximate surface area is 102 Å². The first-order valence-electron chi connectivity index (χ1n) is 5.30. The highest BCUT2D eigenvalue weighted by Gasteiger charge is 2.12. The average molecular weight is 238 g/mol. The van der Waals surface area contributed by atoms with Crippen LogP contribution in [0.4, 0.5) is 4.39 Å². The number of nitriles is 1. The van der Waals surface area contributed by atoms with Crippen LogP contribution in [0.15, 0.2) is 42.6 Å². The molecule has 18 heavy (non-hydrogen) atoms. The molecule has 0 aliphatic rings. The lowest BCUT2D eigenvalue weighted by Crippen LogP contribution is -1.89. The first kappa shape index (κ1) is 10.4. The van der Waals surface area contributed by atoms with E-state index in [-0.39, 0.29) is 11.6 Å². The van der Waals surface area contributed by atoms with E-state index in [1.54, 1.807) is 36.5 Å². The van der Waals surface area contributed by atoms with Crippen molar-refractivity contribution in [3.05, 3.63) is 54.0 Å². The standard InChI is InChI=1S/C13H7FN4/c14-11-6-2-1-5-10(11)12-16-13-9(8-15)4-3-7-18(13)17-12/h1-7H. The Bertz CT molecular complexity index is 770. The van der Waals surface area contributed by atoms with Gasteiger partial charge in [0, 0.05) is 6.20 Å². The van der Waals surface area contributed by atoms with Gasteiger partial charge in [-0.3, -0.25) is 0 Å². The molecule has 0 saturated carbocycles. The van der Waals surface area contributed by atoms with Crippen LogP contribution in [-0.4, -0.2) is 14.6 Å². The lowest BCUT2D eigenvalue weighted by atomic mass is 10.2. The smallest absolute Gasteiger partial charge is 0.185 e. The number of hydrogen-bond acceptors (Lipinski definition) is 3. The maximum absolute atomic E-state index is 13.6. The Morgan fingerprint density at radius 1 is 1.17 bits per heavy atom. The fraction of sp³-hybridized carbons (Fsp3) is 0. The summed E-state index contributed by atoms with van der Waals surface area (Å²) in [6, 6.07) is 11.7. The molecule has 0 radical (unpaired) electrons. The van der Waals surface area contributed by atoms with E-state index in [9.17, 15) is 4.39 Å².